The molecule has 0 saturated heterocycles. The van der Waals surface area contributed by atoms with Crippen molar-refractivity contribution in [1.82, 2.24) is 0 Å². The molecule has 0 radical (unpaired) electrons. The Hall–Kier alpha value is -0.0400. The first kappa shape index (κ1) is 29.2. The Kier molecular flexibility index (Phi) is 61.0. The summed E-state index contributed by atoms with van der Waals surface area (Å²) in [4.78, 5) is 0. The molecule has 0 fully saturated rings. The van der Waals surface area contributed by atoms with Crippen LogP contribution in [0.25, 0.3) is 0 Å². The smallest absolute Gasteiger partial charge is 0.0463 e. The van der Waals surface area contributed by atoms with E-state index in [2.05, 4.69) is 34.6 Å². The maximum Gasteiger partial charge on any atom is 0.0463 e. The van der Waals surface area contributed by atoms with Crippen molar-refractivity contribution < 1.29 is 4.74 Å². The molecule has 14 heavy (non-hydrogen) atoms. The van der Waals surface area contributed by atoms with Crippen molar-refractivity contribution in [1.29, 1.82) is 0 Å². The van der Waals surface area contributed by atoms with Crippen molar-refractivity contribution in [2.45, 2.75) is 69.7 Å². The molecule has 0 N–H and O–H groups in total. The first-order valence-corrected chi connectivity index (χ1v) is 4.72. The van der Waals surface area contributed by atoms with E-state index in [0.29, 0.717) is 0 Å². The first-order chi connectivity index (χ1) is 5.15. The predicted molar refractivity (Wildman–Crippen MR) is 72.1 cm³/mol. The number of ether oxygens (including phenoxy) is 1. The lowest BCUT2D eigenvalue weighted by molar-refractivity contribution is 0.135. The van der Waals surface area contributed by atoms with Gasteiger partial charge in [-0.05, 0) is 18.8 Å². The normalized spacial score (nSPS) is 7.29. The van der Waals surface area contributed by atoms with Gasteiger partial charge in [-0.15, -0.1) is 0 Å². The molecule has 0 saturated carbocycles. The average Bonchev–Trinajstić information content (AvgIpc) is 1.88. The molecule has 94 valence electrons. The van der Waals surface area contributed by atoms with E-state index in [4.69, 9.17) is 4.74 Å². The number of hydrogen-bond donors (Lipinski definition) is 0. The van der Waals surface area contributed by atoms with Gasteiger partial charge in [-0.25, -0.2) is 0 Å². The molecule has 1 heteroatoms. The van der Waals surface area contributed by atoms with Crippen LogP contribution in [0, 0.1) is 5.92 Å². The lowest BCUT2D eigenvalue weighted by Gasteiger charge is -1.95. The van der Waals surface area contributed by atoms with E-state index in [-0.39, 0.29) is 22.3 Å². The van der Waals surface area contributed by atoms with Crippen molar-refractivity contribution >= 4 is 0 Å². The predicted octanol–water partition coefficient (Wildman–Crippen LogP) is 5.39. The third kappa shape index (κ3) is 91.6. The van der Waals surface area contributed by atoms with Crippen LogP contribution in [-0.4, -0.2) is 13.2 Å². The second-order valence-corrected chi connectivity index (χ2v) is 3.34. The summed E-state index contributed by atoms with van der Waals surface area (Å²) in [5, 5.41) is 0. The minimum atomic E-state index is 0. The molecule has 0 bridgehead atoms. The highest BCUT2D eigenvalue weighted by molar-refractivity contribution is 4.25. The number of hydrogen-bond acceptors (Lipinski definition) is 1. The molecular weight excluding hydrogens is 172 g/mol. The highest BCUT2D eigenvalue weighted by Gasteiger charge is 1.77. The molecule has 0 aromatic rings. The zero-order chi connectivity index (χ0) is 9.11. The van der Waals surface area contributed by atoms with E-state index < -0.39 is 0 Å². The first-order valence-electron chi connectivity index (χ1n) is 4.72. The van der Waals surface area contributed by atoms with Gasteiger partial charge in [-0.2, -0.15) is 0 Å². The van der Waals surface area contributed by atoms with Crippen LogP contribution in [0.5, 0.6) is 0 Å². The van der Waals surface area contributed by atoms with Gasteiger partial charge in [-0.1, -0.05) is 56.9 Å². The molecular formula is C13H36O. The molecule has 0 aromatic carbocycles. The van der Waals surface area contributed by atoms with Gasteiger partial charge >= 0.3 is 0 Å². The van der Waals surface area contributed by atoms with E-state index in [1.54, 1.807) is 0 Å². The van der Waals surface area contributed by atoms with Gasteiger partial charge in [0.1, 0.15) is 0 Å². The van der Waals surface area contributed by atoms with Gasteiger partial charge < -0.3 is 4.74 Å². The summed E-state index contributed by atoms with van der Waals surface area (Å²) in [7, 11) is 0. The molecule has 0 atom stereocenters. The largest absolute Gasteiger partial charge is 0.381 e. The molecule has 0 aliphatic rings. The monoisotopic (exact) mass is 208 g/mol. The van der Waals surface area contributed by atoms with Crippen LogP contribution in [-0.2, 0) is 4.74 Å². The molecule has 1 nitrogen and oxygen atoms in total. The second kappa shape index (κ2) is 29.3. The van der Waals surface area contributed by atoms with Gasteiger partial charge in [0, 0.05) is 13.2 Å². The second-order valence-electron chi connectivity index (χ2n) is 3.34. The summed E-state index contributed by atoms with van der Waals surface area (Å²) in [6, 6.07) is 0. The van der Waals surface area contributed by atoms with Gasteiger partial charge in [0.05, 0.1) is 0 Å². The zero-order valence-corrected chi connectivity index (χ0v) is 8.81. The van der Waals surface area contributed by atoms with Crippen LogP contribution in [0.1, 0.15) is 69.7 Å². The summed E-state index contributed by atoms with van der Waals surface area (Å²) in [5.74, 6) is 0.833. The summed E-state index contributed by atoms with van der Waals surface area (Å²) >= 11 is 0. The Morgan fingerprint density at radius 3 is 1.14 bits per heavy atom. The van der Waals surface area contributed by atoms with Crippen LogP contribution >= 0.6 is 0 Å². The fourth-order valence-electron chi connectivity index (χ4n) is 0.391. The molecule has 0 rings (SSSR count). The van der Waals surface area contributed by atoms with Crippen LogP contribution in [0.15, 0.2) is 0 Å². The van der Waals surface area contributed by atoms with Gasteiger partial charge in [0.2, 0.25) is 0 Å². The van der Waals surface area contributed by atoms with E-state index >= 15 is 0 Å². The van der Waals surface area contributed by atoms with Gasteiger partial charge in [-0.3, -0.25) is 0 Å². The Morgan fingerprint density at radius 1 is 0.786 bits per heavy atom. The van der Waals surface area contributed by atoms with E-state index in [9.17, 15) is 0 Å². The highest BCUT2D eigenvalue weighted by atomic mass is 16.5. The topological polar surface area (TPSA) is 9.23 Å². The fourth-order valence-corrected chi connectivity index (χ4v) is 0.391. The van der Waals surface area contributed by atoms with Crippen molar-refractivity contribution in [2.75, 3.05) is 13.2 Å². The number of rotatable bonds is 4. The standard InChI is InChI=1S/C6H14O.C4H10.3CH4/c1-3-5-7-6-4-2;1-4(2)3;;;/h3-6H2,1-2H3;4H,1-3H3;3*1H4. The lowest BCUT2D eigenvalue weighted by atomic mass is 10.3. The molecule has 0 amide bonds. The van der Waals surface area contributed by atoms with Crippen molar-refractivity contribution in [3.05, 3.63) is 0 Å². The maximum absolute atomic E-state index is 5.13. The SMILES string of the molecule is C.C.C.CC(C)C.CCCOCCC. The Bertz CT molecular complexity index is 44.4. The molecule has 0 heterocycles. The summed E-state index contributed by atoms with van der Waals surface area (Å²) in [5.41, 5.74) is 0. The van der Waals surface area contributed by atoms with Crippen LogP contribution in [0.3, 0.4) is 0 Å². The van der Waals surface area contributed by atoms with E-state index in [0.717, 1.165) is 32.0 Å². The minimum Gasteiger partial charge on any atom is -0.381 e. The fraction of sp³-hybridized carbons (Fsp3) is 1.00. The quantitative estimate of drug-likeness (QED) is 0.563. The average molecular weight is 208 g/mol. The Labute approximate surface area is 94.3 Å². The van der Waals surface area contributed by atoms with Crippen LogP contribution in [0.4, 0.5) is 0 Å². The summed E-state index contributed by atoms with van der Waals surface area (Å²) in [6.45, 7) is 12.6. The summed E-state index contributed by atoms with van der Waals surface area (Å²) in [6.07, 6.45) is 2.28. The van der Waals surface area contributed by atoms with Gasteiger partial charge in [0.25, 0.3) is 0 Å². The molecule has 0 aliphatic heterocycles. The maximum atomic E-state index is 5.13. The Morgan fingerprint density at radius 2 is 1.00 bits per heavy atom. The van der Waals surface area contributed by atoms with E-state index in [1.165, 1.54) is 0 Å². The third-order valence-electron chi connectivity index (χ3n) is 0.697. The van der Waals surface area contributed by atoms with Gasteiger partial charge in [0.15, 0.2) is 0 Å². The van der Waals surface area contributed by atoms with Crippen LogP contribution in [0.2, 0.25) is 0 Å². The lowest BCUT2D eigenvalue weighted by Crippen LogP contribution is -1.92. The molecule has 0 aliphatic carbocycles. The highest BCUT2D eigenvalue weighted by Crippen LogP contribution is 1.81. The zero-order valence-electron chi connectivity index (χ0n) is 8.81. The Balaban J connectivity index is -0.0000000347. The van der Waals surface area contributed by atoms with E-state index in [1.807, 2.05) is 0 Å². The van der Waals surface area contributed by atoms with Crippen LogP contribution < -0.4 is 0 Å². The van der Waals surface area contributed by atoms with Crippen molar-refractivity contribution in [3.8, 4) is 0 Å². The summed E-state index contributed by atoms with van der Waals surface area (Å²) < 4.78 is 5.13. The molecule has 0 aromatic heterocycles. The van der Waals surface area contributed by atoms with Crippen molar-refractivity contribution in [3.63, 3.8) is 0 Å². The van der Waals surface area contributed by atoms with Crippen molar-refractivity contribution in [2.24, 2.45) is 5.92 Å². The minimum absolute atomic E-state index is 0. The third-order valence-corrected chi connectivity index (χ3v) is 0.697. The molecule has 0 unspecified atom stereocenters. The molecule has 0 spiro atoms.